The SMILES string of the molecule is C=Cc1c(OC)cc(/C=C/c2ccc(C(=O)NCCc3ccccc3)cc2)cc1OC. The molecular formula is C27H27NO3. The highest BCUT2D eigenvalue weighted by Gasteiger charge is 2.09. The lowest BCUT2D eigenvalue weighted by Crippen LogP contribution is -2.25. The van der Waals surface area contributed by atoms with E-state index in [4.69, 9.17) is 9.47 Å². The third-order valence-electron chi connectivity index (χ3n) is 4.95. The first-order valence-electron chi connectivity index (χ1n) is 10.1. The van der Waals surface area contributed by atoms with Crippen molar-refractivity contribution in [3.63, 3.8) is 0 Å². The van der Waals surface area contributed by atoms with E-state index in [1.807, 2.05) is 66.7 Å². The van der Waals surface area contributed by atoms with Crippen molar-refractivity contribution in [2.24, 2.45) is 0 Å². The lowest BCUT2D eigenvalue weighted by molar-refractivity contribution is 0.0954. The van der Waals surface area contributed by atoms with Gasteiger partial charge in [0.25, 0.3) is 5.91 Å². The maximum absolute atomic E-state index is 12.4. The van der Waals surface area contributed by atoms with Crippen molar-refractivity contribution >= 4 is 24.1 Å². The first-order chi connectivity index (χ1) is 15.1. The van der Waals surface area contributed by atoms with Gasteiger partial charge >= 0.3 is 0 Å². The zero-order chi connectivity index (χ0) is 22.1. The minimum absolute atomic E-state index is 0.0686. The first kappa shape index (κ1) is 21.9. The third kappa shape index (κ3) is 5.86. The van der Waals surface area contributed by atoms with E-state index in [0.717, 1.165) is 23.1 Å². The van der Waals surface area contributed by atoms with E-state index in [1.165, 1.54) is 5.56 Å². The van der Waals surface area contributed by atoms with Gasteiger partial charge in [-0.25, -0.2) is 0 Å². The van der Waals surface area contributed by atoms with Crippen LogP contribution in [-0.4, -0.2) is 26.7 Å². The molecule has 0 unspecified atom stereocenters. The highest BCUT2D eigenvalue weighted by atomic mass is 16.5. The van der Waals surface area contributed by atoms with Gasteiger partial charge in [0.2, 0.25) is 0 Å². The van der Waals surface area contributed by atoms with Gasteiger partial charge in [0.05, 0.1) is 19.8 Å². The molecule has 0 bridgehead atoms. The number of rotatable bonds is 9. The minimum atomic E-state index is -0.0686. The Kier molecular flexibility index (Phi) is 7.66. The fourth-order valence-corrected chi connectivity index (χ4v) is 3.26. The number of methoxy groups -OCH3 is 2. The molecule has 0 aliphatic heterocycles. The summed E-state index contributed by atoms with van der Waals surface area (Å²) in [4.78, 5) is 12.4. The van der Waals surface area contributed by atoms with Crippen LogP contribution in [0.4, 0.5) is 0 Å². The number of carbonyl (C=O) groups is 1. The second kappa shape index (κ2) is 10.8. The van der Waals surface area contributed by atoms with Crippen molar-refractivity contribution < 1.29 is 14.3 Å². The van der Waals surface area contributed by atoms with Crippen LogP contribution in [0.25, 0.3) is 18.2 Å². The van der Waals surface area contributed by atoms with Crippen molar-refractivity contribution in [1.29, 1.82) is 0 Å². The maximum atomic E-state index is 12.4. The summed E-state index contributed by atoms with van der Waals surface area (Å²) in [5, 5.41) is 2.97. The van der Waals surface area contributed by atoms with Gasteiger partial charge in [-0.2, -0.15) is 0 Å². The number of ether oxygens (including phenoxy) is 2. The molecule has 31 heavy (non-hydrogen) atoms. The van der Waals surface area contributed by atoms with E-state index in [0.29, 0.717) is 23.6 Å². The third-order valence-corrected chi connectivity index (χ3v) is 4.95. The Hall–Kier alpha value is -3.79. The maximum Gasteiger partial charge on any atom is 0.251 e. The fourth-order valence-electron chi connectivity index (χ4n) is 3.26. The molecule has 158 valence electrons. The molecule has 0 aliphatic rings. The van der Waals surface area contributed by atoms with Crippen molar-refractivity contribution in [3.05, 3.63) is 101 Å². The van der Waals surface area contributed by atoms with Crippen molar-refractivity contribution in [3.8, 4) is 11.5 Å². The molecule has 0 atom stereocenters. The summed E-state index contributed by atoms with van der Waals surface area (Å²) in [6.45, 7) is 4.42. The van der Waals surface area contributed by atoms with Crippen LogP contribution in [0.1, 0.15) is 32.6 Å². The summed E-state index contributed by atoms with van der Waals surface area (Å²) in [6.07, 6.45) is 6.49. The van der Waals surface area contributed by atoms with Crippen molar-refractivity contribution in [1.82, 2.24) is 5.32 Å². The highest BCUT2D eigenvalue weighted by molar-refractivity contribution is 5.94. The van der Waals surface area contributed by atoms with Crippen LogP contribution in [0, 0.1) is 0 Å². The molecule has 4 heteroatoms. The predicted octanol–water partition coefficient (Wildman–Crippen LogP) is 5.49. The predicted molar refractivity (Wildman–Crippen MR) is 127 cm³/mol. The number of amides is 1. The van der Waals surface area contributed by atoms with Gasteiger partial charge in [-0.1, -0.05) is 67.3 Å². The monoisotopic (exact) mass is 413 g/mol. The Morgan fingerprint density at radius 3 is 2.10 bits per heavy atom. The Labute approximate surface area is 183 Å². The van der Waals surface area contributed by atoms with Crippen LogP contribution in [0.15, 0.2) is 73.3 Å². The number of hydrogen-bond acceptors (Lipinski definition) is 3. The molecule has 0 saturated heterocycles. The lowest BCUT2D eigenvalue weighted by Gasteiger charge is -2.11. The molecule has 0 aromatic heterocycles. The smallest absolute Gasteiger partial charge is 0.251 e. The fraction of sp³-hybridized carbons (Fsp3) is 0.148. The summed E-state index contributed by atoms with van der Waals surface area (Å²) in [5.41, 5.74) is 4.61. The summed E-state index contributed by atoms with van der Waals surface area (Å²) >= 11 is 0. The Morgan fingerprint density at radius 2 is 1.52 bits per heavy atom. The quantitative estimate of drug-likeness (QED) is 0.472. The summed E-state index contributed by atoms with van der Waals surface area (Å²) in [7, 11) is 3.25. The Bertz CT molecular complexity index is 1030. The first-order valence-corrected chi connectivity index (χ1v) is 10.1. The zero-order valence-corrected chi connectivity index (χ0v) is 17.9. The van der Waals surface area contributed by atoms with E-state index in [-0.39, 0.29) is 5.91 Å². The number of hydrogen-bond donors (Lipinski definition) is 1. The molecule has 3 aromatic carbocycles. The zero-order valence-electron chi connectivity index (χ0n) is 17.9. The molecule has 0 fully saturated rings. The van der Waals surface area contributed by atoms with Gasteiger partial charge in [0.15, 0.2) is 0 Å². The van der Waals surface area contributed by atoms with Gasteiger partial charge in [0.1, 0.15) is 11.5 Å². The molecule has 3 rings (SSSR count). The normalized spacial score (nSPS) is 10.6. The summed E-state index contributed by atoms with van der Waals surface area (Å²) in [5.74, 6) is 1.34. The van der Waals surface area contributed by atoms with Gasteiger partial charge in [-0.05, 0) is 47.4 Å². The molecule has 0 saturated carbocycles. The highest BCUT2D eigenvalue weighted by Crippen LogP contribution is 2.32. The molecule has 0 radical (unpaired) electrons. The minimum Gasteiger partial charge on any atom is -0.496 e. The van der Waals surface area contributed by atoms with Gasteiger partial charge < -0.3 is 14.8 Å². The standard InChI is InChI=1S/C27H27NO3/c1-4-24-25(30-2)18-22(19-26(24)31-3)11-10-21-12-14-23(15-13-21)27(29)28-17-16-20-8-6-5-7-9-20/h4-15,18-19H,1,16-17H2,2-3H3,(H,28,29)/b11-10+. The van der Waals surface area contributed by atoms with E-state index in [9.17, 15) is 4.79 Å². The van der Waals surface area contributed by atoms with Gasteiger partial charge in [0, 0.05) is 12.1 Å². The Morgan fingerprint density at radius 1 is 0.903 bits per heavy atom. The molecule has 3 aromatic rings. The van der Waals surface area contributed by atoms with E-state index in [2.05, 4.69) is 24.0 Å². The second-order valence-electron chi connectivity index (χ2n) is 6.99. The number of carbonyl (C=O) groups excluding carboxylic acids is 1. The van der Waals surface area contributed by atoms with Crippen molar-refractivity contribution in [2.45, 2.75) is 6.42 Å². The van der Waals surface area contributed by atoms with E-state index < -0.39 is 0 Å². The largest absolute Gasteiger partial charge is 0.496 e. The molecule has 0 heterocycles. The van der Waals surface area contributed by atoms with Crippen LogP contribution >= 0.6 is 0 Å². The topological polar surface area (TPSA) is 47.6 Å². The summed E-state index contributed by atoms with van der Waals surface area (Å²) < 4.78 is 10.9. The van der Waals surface area contributed by atoms with Crippen LogP contribution in [-0.2, 0) is 6.42 Å². The van der Waals surface area contributed by atoms with E-state index in [1.54, 1.807) is 20.3 Å². The van der Waals surface area contributed by atoms with Crippen LogP contribution in [0.2, 0.25) is 0 Å². The molecule has 4 nitrogen and oxygen atoms in total. The van der Waals surface area contributed by atoms with Crippen LogP contribution in [0.3, 0.4) is 0 Å². The van der Waals surface area contributed by atoms with Gasteiger partial charge in [-0.3, -0.25) is 4.79 Å². The summed E-state index contributed by atoms with van der Waals surface area (Å²) in [6, 6.07) is 21.5. The Balaban J connectivity index is 1.63. The molecular weight excluding hydrogens is 386 g/mol. The average molecular weight is 414 g/mol. The lowest BCUT2D eigenvalue weighted by atomic mass is 10.1. The molecule has 0 spiro atoms. The van der Waals surface area contributed by atoms with Gasteiger partial charge in [-0.15, -0.1) is 0 Å². The molecule has 1 amide bonds. The molecule has 0 aliphatic carbocycles. The van der Waals surface area contributed by atoms with Crippen LogP contribution in [0.5, 0.6) is 11.5 Å². The second-order valence-corrected chi connectivity index (χ2v) is 6.99. The molecule has 1 N–H and O–H groups in total. The van der Waals surface area contributed by atoms with Crippen LogP contribution < -0.4 is 14.8 Å². The number of nitrogens with one attached hydrogen (secondary N) is 1. The van der Waals surface area contributed by atoms with Crippen molar-refractivity contribution in [2.75, 3.05) is 20.8 Å². The average Bonchev–Trinajstić information content (AvgIpc) is 2.82. The number of benzene rings is 3. The van der Waals surface area contributed by atoms with E-state index >= 15 is 0 Å².